The van der Waals surface area contributed by atoms with Crippen LogP contribution < -0.4 is 20.5 Å². The highest BCUT2D eigenvalue weighted by molar-refractivity contribution is 5.81. The molecule has 5 heteroatoms. The number of benzene rings is 1. The number of hydrogen-bond donors (Lipinski definition) is 2. The summed E-state index contributed by atoms with van der Waals surface area (Å²) in [6.07, 6.45) is -0.595. The lowest BCUT2D eigenvalue weighted by Crippen LogP contribution is -2.40. The first-order chi connectivity index (χ1) is 9.35. The van der Waals surface area contributed by atoms with Gasteiger partial charge in [0.15, 0.2) is 6.10 Å². The third-order valence-electron chi connectivity index (χ3n) is 2.82. The van der Waals surface area contributed by atoms with Gasteiger partial charge in [-0.1, -0.05) is 6.07 Å². The van der Waals surface area contributed by atoms with E-state index in [0.29, 0.717) is 11.5 Å². The van der Waals surface area contributed by atoms with E-state index in [0.717, 1.165) is 5.56 Å². The number of rotatable bonds is 6. The van der Waals surface area contributed by atoms with Gasteiger partial charge in [0.2, 0.25) is 0 Å². The van der Waals surface area contributed by atoms with E-state index < -0.39 is 6.10 Å². The van der Waals surface area contributed by atoms with Gasteiger partial charge in [0.25, 0.3) is 5.91 Å². The first-order valence-corrected chi connectivity index (χ1v) is 6.75. The Hall–Kier alpha value is -1.75. The van der Waals surface area contributed by atoms with Gasteiger partial charge in [-0.05, 0) is 33.8 Å². The van der Waals surface area contributed by atoms with E-state index in [1.54, 1.807) is 20.1 Å². The fourth-order valence-corrected chi connectivity index (χ4v) is 1.77. The minimum Gasteiger partial charge on any atom is -0.497 e. The summed E-state index contributed by atoms with van der Waals surface area (Å²) in [5.74, 6) is 1.09. The van der Waals surface area contributed by atoms with Gasteiger partial charge in [-0.2, -0.15) is 0 Å². The molecule has 3 N–H and O–H groups in total. The van der Waals surface area contributed by atoms with Crippen LogP contribution in [-0.4, -0.2) is 25.2 Å². The van der Waals surface area contributed by atoms with Crippen LogP contribution in [0.4, 0.5) is 0 Å². The molecule has 0 aliphatic carbocycles. The molecule has 112 valence electrons. The smallest absolute Gasteiger partial charge is 0.260 e. The molecule has 0 saturated heterocycles. The molecule has 0 saturated carbocycles. The van der Waals surface area contributed by atoms with E-state index in [4.69, 9.17) is 15.2 Å². The normalized spacial score (nSPS) is 13.8. The monoisotopic (exact) mass is 280 g/mol. The standard InChI is InChI=1S/C15H24N2O3/c1-9(2)17-15(18)11(4)20-14-8-12(19-5)6-7-13(14)10(3)16/h6-11H,16H2,1-5H3,(H,17,18)/t10-,11?/m1/s1. The zero-order chi connectivity index (χ0) is 15.3. The molecule has 2 atom stereocenters. The predicted molar refractivity (Wildman–Crippen MR) is 79.0 cm³/mol. The molecule has 1 rings (SSSR count). The van der Waals surface area contributed by atoms with Crippen molar-refractivity contribution >= 4 is 5.91 Å². The van der Waals surface area contributed by atoms with Gasteiger partial charge in [0.05, 0.1) is 7.11 Å². The van der Waals surface area contributed by atoms with Gasteiger partial charge in [-0.25, -0.2) is 0 Å². The van der Waals surface area contributed by atoms with Gasteiger partial charge in [0, 0.05) is 23.7 Å². The fourth-order valence-electron chi connectivity index (χ4n) is 1.77. The zero-order valence-electron chi connectivity index (χ0n) is 12.8. The van der Waals surface area contributed by atoms with E-state index in [1.807, 2.05) is 32.9 Å². The minimum atomic E-state index is -0.595. The first kappa shape index (κ1) is 16.3. The first-order valence-electron chi connectivity index (χ1n) is 6.75. The Balaban J connectivity index is 2.91. The highest BCUT2D eigenvalue weighted by Gasteiger charge is 2.18. The van der Waals surface area contributed by atoms with Gasteiger partial charge in [-0.15, -0.1) is 0 Å². The lowest BCUT2D eigenvalue weighted by molar-refractivity contribution is -0.127. The topological polar surface area (TPSA) is 73.6 Å². The second-order valence-electron chi connectivity index (χ2n) is 5.12. The van der Waals surface area contributed by atoms with E-state index in [1.165, 1.54) is 0 Å². The summed E-state index contributed by atoms with van der Waals surface area (Å²) in [6, 6.07) is 5.32. The summed E-state index contributed by atoms with van der Waals surface area (Å²) in [7, 11) is 1.58. The Bertz CT molecular complexity index is 458. The van der Waals surface area contributed by atoms with Gasteiger partial charge < -0.3 is 20.5 Å². The quantitative estimate of drug-likeness (QED) is 0.836. The highest BCUT2D eigenvalue weighted by atomic mass is 16.5. The molecule has 5 nitrogen and oxygen atoms in total. The highest BCUT2D eigenvalue weighted by Crippen LogP contribution is 2.29. The molecule has 20 heavy (non-hydrogen) atoms. The van der Waals surface area contributed by atoms with E-state index in [2.05, 4.69) is 5.32 Å². The van der Waals surface area contributed by atoms with Crippen LogP contribution in [0.1, 0.15) is 39.3 Å². The third kappa shape index (κ3) is 4.42. The van der Waals surface area contributed by atoms with Crippen LogP contribution in [0.2, 0.25) is 0 Å². The average molecular weight is 280 g/mol. The van der Waals surface area contributed by atoms with Crippen molar-refractivity contribution in [3.8, 4) is 11.5 Å². The Morgan fingerprint density at radius 1 is 1.25 bits per heavy atom. The van der Waals surface area contributed by atoms with Crippen LogP contribution in [-0.2, 0) is 4.79 Å². The minimum absolute atomic E-state index is 0.0757. The summed E-state index contributed by atoms with van der Waals surface area (Å²) in [6.45, 7) is 7.39. The summed E-state index contributed by atoms with van der Waals surface area (Å²) in [4.78, 5) is 11.9. The molecule has 1 aromatic carbocycles. The van der Waals surface area contributed by atoms with Crippen LogP contribution >= 0.6 is 0 Å². The number of hydrogen-bond acceptors (Lipinski definition) is 4. The second kappa shape index (κ2) is 7.14. The predicted octanol–water partition coefficient (Wildman–Crippen LogP) is 2.01. The number of nitrogens with two attached hydrogens (primary N) is 1. The molecule has 0 spiro atoms. The van der Waals surface area contributed by atoms with Crippen molar-refractivity contribution in [1.29, 1.82) is 0 Å². The molecule has 0 fully saturated rings. The van der Waals surface area contributed by atoms with Gasteiger partial charge >= 0.3 is 0 Å². The van der Waals surface area contributed by atoms with Crippen molar-refractivity contribution in [2.45, 2.75) is 45.9 Å². The van der Waals surface area contributed by atoms with Crippen molar-refractivity contribution < 1.29 is 14.3 Å². The molecular weight excluding hydrogens is 256 g/mol. The maximum atomic E-state index is 11.9. The van der Waals surface area contributed by atoms with Crippen LogP contribution in [0, 0.1) is 0 Å². The Morgan fingerprint density at radius 3 is 2.40 bits per heavy atom. The Kier molecular flexibility index (Phi) is 5.82. The number of methoxy groups -OCH3 is 1. The van der Waals surface area contributed by atoms with Crippen molar-refractivity contribution in [3.05, 3.63) is 23.8 Å². The Morgan fingerprint density at radius 2 is 1.90 bits per heavy atom. The van der Waals surface area contributed by atoms with E-state index in [9.17, 15) is 4.79 Å². The molecule has 1 amide bonds. The molecular formula is C15H24N2O3. The second-order valence-corrected chi connectivity index (χ2v) is 5.12. The summed E-state index contributed by atoms with van der Waals surface area (Å²) in [5, 5.41) is 2.81. The molecule has 0 bridgehead atoms. The molecule has 1 unspecified atom stereocenters. The molecule has 0 aromatic heterocycles. The Labute approximate surface area is 120 Å². The van der Waals surface area contributed by atoms with Crippen LogP contribution in [0.3, 0.4) is 0 Å². The number of ether oxygens (including phenoxy) is 2. The molecule has 0 aliphatic rings. The van der Waals surface area contributed by atoms with Crippen molar-refractivity contribution in [1.82, 2.24) is 5.32 Å². The van der Waals surface area contributed by atoms with Crippen molar-refractivity contribution in [2.75, 3.05) is 7.11 Å². The fraction of sp³-hybridized carbons (Fsp3) is 0.533. The number of carbonyl (C=O) groups is 1. The summed E-state index contributed by atoms with van der Waals surface area (Å²) < 4.78 is 10.9. The third-order valence-corrected chi connectivity index (χ3v) is 2.82. The number of amides is 1. The SMILES string of the molecule is COc1ccc([C@@H](C)N)c(OC(C)C(=O)NC(C)C)c1. The lowest BCUT2D eigenvalue weighted by atomic mass is 10.1. The molecule has 0 heterocycles. The molecule has 1 aromatic rings. The van der Waals surface area contributed by atoms with Crippen molar-refractivity contribution in [2.24, 2.45) is 5.73 Å². The van der Waals surface area contributed by atoms with Gasteiger partial charge in [-0.3, -0.25) is 4.79 Å². The van der Waals surface area contributed by atoms with Gasteiger partial charge in [0.1, 0.15) is 11.5 Å². The average Bonchev–Trinajstić information content (AvgIpc) is 2.37. The molecule has 0 radical (unpaired) electrons. The van der Waals surface area contributed by atoms with E-state index in [-0.39, 0.29) is 18.0 Å². The number of nitrogens with one attached hydrogen (secondary N) is 1. The van der Waals surface area contributed by atoms with Crippen LogP contribution in [0.25, 0.3) is 0 Å². The van der Waals surface area contributed by atoms with E-state index >= 15 is 0 Å². The molecule has 0 aliphatic heterocycles. The maximum absolute atomic E-state index is 11.9. The number of carbonyl (C=O) groups excluding carboxylic acids is 1. The van der Waals surface area contributed by atoms with Crippen LogP contribution in [0.15, 0.2) is 18.2 Å². The largest absolute Gasteiger partial charge is 0.497 e. The van der Waals surface area contributed by atoms with Crippen molar-refractivity contribution in [3.63, 3.8) is 0 Å². The zero-order valence-corrected chi connectivity index (χ0v) is 12.8. The summed E-state index contributed by atoms with van der Waals surface area (Å²) >= 11 is 0. The van der Waals surface area contributed by atoms with Crippen LogP contribution in [0.5, 0.6) is 11.5 Å². The maximum Gasteiger partial charge on any atom is 0.260 e. The lowest BCUT2D eigenvalue weighted by Gasteiger charge is -2.20. The summed E-state index contributed by atoms with van der Waals surface area (Å²) in [5.41, 5.74) is 6.76.